The van der Waals surface area contributed by atoms with Crippen molar-refractivity contribution in [2.24, 2.45) is 11.7 Å². The fraction of sp³-hybridized carbons (Fsp3) is 0.696. The molecule has 3 rings (SSSR count). The van der Waals surface area contributed by atoms with Crippen LogP contribution in [-0.2, 0) is 16.1 Å². The number of amides is 3. The van der Waals surface area contributed by atoms with Crippen LogP contribution in [-0.4, -0.2) is 92.4 Å². The van der Waals surface area contributed by atoms with Crippen molar-refractivity contribution in [3.8, 4) is 0 Å². The van der Waals surface area contributed by atoms with Gasteiger partial charge >= 0.3 is 12.1 Å². The highest BCUT2D eigenvalue weighted by molar-refractivity contribution is 5.98. The molecule has 1 saturated heterocycles. The molecule has 2 aliphatic rings. The van der Waals surface area contributed by atoms with Crippen molar-refractivity contribution in [1.82, 2.24) is 24.9 Å². The number of aromatic nitrogens is 2. The minimum Gasteiger partial charge on any atom is -0.480 e. The second-order valence-electron chi connectivity index (χ2n) is 10.5. The third-order valence-corrected chi connectivity index (χ3v) is 6.28. The predicted molar refractivity (Wildman–Crippen MR) is 126 cm³/mol. The highest BCUT2D eigenvalue weighted by Crippen LogP contribution is 2.24. The number of carbonyl (C=O) groups is 4. The van der Waals surface area contributed by atoms with Gasteiger partial charge in [0, 0.05) is 38.8 Å². The molecule has 12 nitrogen and oxygen atoms in total. The summed E-state index contributed by atoms with van der Waals surface area (Å²) in [5.74, 6) is -1.60. The molecule has 3 amide bonds. The first-order chi connectivity index (χ1) is 16.3. The molecule has 0 unspecified atom stereocenters. The van der Waals surface area contributed by atoms with E-state index in [1.807, 2.05) is 20.8 Å². The Bertz CT molecular complexity index is 974. The molecule has 194 valence electrons. The van der Waals surface area contributed by atoms with Crippen molar-refractivity contribution in [3.05, 3.63) is 17.5 Å². The summed E-state index contributed by atoms with van der Waals surface area (Å²) < 4.78 is 6.95. The molecular weight excluding hydrogens is 456 g/mol. The van der Waals surface area contributed by atoms with E-state index < -0.39 is 23.0 Å². The molecule has 4 N–H and O–H groups in total. The minimum absolute atomic E-state index is 0.0471. The van der Waals surface area contributed by atoms with Gasteiger partial charge in [-0.05, 0) is 52.9 Å². The van der Waals surface area contributed by atoms with Gasteiger partial charge in [-0.1, -0.05) is 0 Å². The maximum atomic E-state index is 13.0. The molecule has 0 bridgehead atoms. The number of piperidine rings is 1. The largest absolute Gasteiger partial charge is 0.480 e. The monoisotopic (exact) mass is 492 g/mol. The van der Waals surface area contributed by atoms with Crippen molar-refractivity contribution < 1.29 is 29.0 Å². The zero-order valence-corrected chi connectivity index (χ0v) is 20.9. The number of nitrogens with zero attached hydrogens (tertiary/aromatic N) is 4. The smallest absolute Gasteiger partial charge is 0.410 e. The number of nitrogens with two attached hydrogens (primary N) is 1. The summed E-state index contributed by atoms with van der Waals surface area (Å²) in [7, 11) is 0. The first-order valence-corrected chi connectivity index (χ1v) is 11.9. The van der Waals surface area contributed by atoms with Crippen LogP contribution in [0.4, 0.5) is 4.79 Å². The summed E-state index contributed by atoms with van der Waals surface area (Å²) in [6.07, 6.45) is 2.27. The van der Waals surface area contributed by atoms with Gasteiger partial charge in [0.2, 0.25) is 0 Å². The summed E-state index contributed by atoms with van der Waals surface area (Å²) in [4.78, 5) is 52.2. The highest BCUT2D eigenvalue weighted by Gasteiger charge is 2.32. The van der Waals surface area contributed by atoms with E-state index >= 15 is 0 Å². The predicted octanol–water partition coefficient (Wildman–Crippen LogP) is 0.908. The molecular formula is C23H36N6O6. The lowest BCUT2D eigenvalue weighted by Crippen LogP contribution is -2.53. The SMILES string of the molecule is CC(C)(C)OC(=O)N1CCC(CCN2CCn3nc(C(=O)NC[C@](C)(N)C(=O)O)cc3C2=O)CC1. The minimum atomic E-state index is -1.61. The van der Waals surface area contributed by atoms with Crippen LogP contribution in [0.2, 0.25) is 0 Å². The Balaban J connectivity index is 1.49. The zero-order valence-electron chi connectivity index (χ0n) is 20.9. The van der Waals surface area contributed by atoms with Crippen LogP contribution in [0.15, 0.2) is 6.07 Å². The Morgan fingerprint density at radius 3 is 2.43 bits per heavy atom. The molecule has 35 heavy (non-hydrogen) atoms. The number of aliphatic carboxylic acids is 1. The first kappa shape index (κ1) is 26.5. The molecule has 12 heteroatoms. The van der Waals surface area contributed by atoms with Gasteiger partial charge in [0.15, 0.2) is 5.69 Å². The topological polar surface area (TPSA) is 160 Å². The number of fused-ring (bicyclic) bond motifs is 1. The average Bonchev–Trinajstić information content (AvgIpc) is 3.21. The molecule has 1 aromatic heterocycles. The Hall–Kier alpha value is -3.15. The van der Waals surface area contributed by atoms with E-state index in [2.05, 4.69) is 10.4 Å². The summed E-state index contributed by atoms with van der Waals surface area (Å²) in [5, 5.41) is 15.7. The number of carboxylic acids is 1. The van der Waals surface area contributed by atoms with Crippen molar-refractivity contribution >= 4 is 23.9 Å². The number of rotatable bonds is 7. The quantitative estimate of drug-likeness (QED) is 0.506. The summed E-state index contributed by atoms with van der Waals surface area (Å²) in [5.41, 5.74) is 3.89. The van der Waals surface area contributed by atoms with Gasteiger partial charge in [0.1, 0.15) is 16.8 Å². The molecule has 0 aromatic carbocycles. The average molecular weight is 493 g/mol. The van der Waals surface area contributed by atoms with E-state index in [4.69, 9.17) is 15.6 Å². The van der Waals surface area contributed by atoms with Crippen LogP contribution in [0.5, 0.6) is 0 Å². The number of carbonyl (C=O) groups excluding carboxylic acids is 3. The standard InChI is InChI=1S/C23H36N6O6/c1-22(2,3)35-21(34)28-9-6-15(7-10-28)5-8-27-11-12-29-17(19(27)31)13-16(26-29)18(30)25-14-23(4,24)20(32)33/h13,15H,5-12,14,24H2,1-4H3,(H,25,30)(H,32,33)/t23-/m0/s1. The normalized spacial score (nSPS) is 18.6. The summed E-state index contributed by atoms with van der Waals surface area (Å²) in [6.45, 7) is 9.42. The number of hydrogen-bond acceptors (Lipinski definition) is 7. The van der Waals surface area contributed by atoms with Gasteiger partial charge in [-0.25, -0.2) is 4.79 Å². The van der Waals surface area contributed by atoms with Gasteiger partial charge in [0.05, 0.1) is 6.54 Å². The molecule has 3 heterocycles. The van der Waals surface area contributed by atoms with Crippen LogP contribution in [0.3, 0.4) is 0 Å². The third-order valence-electron chi connectivity index (χ3n) is 6.28. The second kappa shape index (κ2) is 10.2. The summed E-state index contributed by atoms with van der Waals surface area (Å²) in [6, 6.07) is 1.43. The number of carboxylic acid groups (broad SMARTS) is 1. The van der Waals surface area contributed by atoms with Crippen molar-refractivity contribution in [2.75, 3.05) is 32.7 Å². The van der Waals surface area contributed by atoms with Gasteiger partial charge in [-0.3, -0.25) is 19.1 Å². The fourth-order valence-electron chi connectivity index (χ4n) is 4.06. The Morgan fingerprint density at radius 1 is 1.17 bits per heavy atom. The Kier molecular flexibility index (Phi) is 7.73. The van der Waals surface area contributed by atoms with Gasteiger partial charge < -0.3 is 30.7 Å². The van der Waals surface area contributed by atoms with E-state index in [0.29, 0.717) is 44.3 Å². The van der Waals surface area contributed by atoms with Gasteiger partial charge in [-0.15, -0.1) is 0 Å². The van der Waals surface area contributed by atoms with E-state index in [1.165, 1.54) is 17.7 Å². The van der Waals surface area contributed by atoms with E-state index in [1.54, 1.807) is 9.80 Å². The van der Waals surface area contributed by atoms with Crippen LogP contribution in [0.1, 0.15) is 67.9 Å². The molecule has 0 saturated carbocycles. The Morgan fingerprint density at radius 2 is 1.83 bits per heavy atom. The number of likely N-dealkylation sites (tertiary alicyclic amines) is 1. The number of hydrogen-bond donors (Lipinski definition) is 3. The van der Waals surface area contributed by atoms with Crippen molar-refractivity contribution in [2.45, 2.75) is 64.6 Å². The van der Waals surface area contributed by atoms with Crippen molar-refractivity contribution in [1.29, 1.82) is 0 Å². The number of ether oxygens (including phenoxy) is 1. The molecule has 1 fully saturated rings. The molecule has 0 spiro atoms. The second-order valence-corrected chi connectivity index (χ2v) is 10.5. The van der Waals surface area contributed by atoms with Crippen LogP contribution in [0, 0.1) is 5.92 Å². The van der Waals surface area contributed by atoms with Crippen LogP contribution in [0.25, 0.3) is 0 Å². The van der Waals surface area contributed by atoms with E-state index in [9.17, 15) is 19.2 Å². The van der Waals surface area contributed by atoms with E-state index in [0.717, 1.165) is 19.3 Å². The lowest BCUT2D eigenvalue weighted by Gasteiger charge is -2.34. The lowest BCUT2D eigenvalue weighted by atomic mass is 9.93. The molecule has 1 atom stereocenters. The third kappa shape index (κ3) is 6.71. The summed E-state index contributed by atoms with van der Waals surface area (Å²) >= 11 is 0. The maximum Gasteiger partial charge on any atom is 0.410 e. The lowest BCUT2D eigenvalue weighted by molar-refractivity contribution is -0.142. The number of nitrogens with one attached hydrogen (secondary N) is 1. The molecule has 0 aliphatic carbocycles. The molecule has 0 radical (unpaired) electrons. The van der Waals surface area contributed by atoms with Crippen LogP contribution >= 0.6 is 0 Å². The fourth-order valence-corrected chi connectivity index (χ4v) is 4.06. The van der Waals surface area contributed by atoms with Gasteiger partial charge in [0.25, 0.3) is 11.8 Å². The van der Waals surface area contributed by atoms with Crippen molar-refractivity contribution in [3.63, 3.8) is 0 Å². The van der Waals surface area contributed by atoms with Gasteiger partial charge in [-0.2, -0.15) is 5.10 Å². The maximum absolute atomic E-state index is 13.0. The Labute approximate surface area is 204 Å². The first-order valence-electron chi connectivity index (χ1n) is 11.9. The highest BCUT2D eigenvalue weighted by atomic mass is 16.6. The van der Waals surface area contributed by atoms with E-state index in [-0.39, 0.29) is 24.2 Å². The molecule has 1 aromatic rings. The zero-order chi connectivity index (χ0) is 26.0. The molecule has 2 aliphatic heterocycles. The van der Waals surface area contributed by atoms with Crippen LogP contribution < -0.4 is 11.1 Å².